The third kappa shape index (κ3) is 6.19. The average Bonchev–Trinajstić information content (AvgIpc) is 2.27. The average molecular weight is 255 g/mol. The van der Waals surface area contributed by atoms with E-state index in [4.69, 9.17) is 4.74 Å². The highest BCUT2D eigenvalue weighted by atomic mass is 16.5. The summed E-state index contributed by atoms with van der Waals surface area (Å²) < 4.78 is 5.77. The zero-order chi connectivity index (χ0) is 13.6. The predicted octanol–water partition coefficient (Wildman–Crippen LogP) is 4.00. The van der Waals surface area contributed by atoms with Gasteiger partial charge in [0.25, 0.3) is 0 Å². The standard InChI is InChI=1S/C16H33NO/c1-14(2)8-6-9-16(10-7-11-18-13-16)12-17-15(3,4)5/h14,17H,6-13H2,1-5H3. The fourth-order valence-corrected chi connectivity index (χ4v) is 2.67. The molecule has 1 rings (SSSR count). The highest BCUT2D eigenvalue weighted by molar-refractivity contribution is 4.86. The minimum absolute atomic E-state index is 0.211. The predicted molar refractivity (Wildman–Crippen MR) is 78.9 cm³/mol. The Balaban J connectivity index is 2.46. The van der Waals surface area contributed by atoms with E-state index in [9.17, 15) is 0 Å². The van der Waals surface area contributed by atoms with E-state index in [1.807, 2.05) is 0 Å². The second-order valence-corrected chi connectivity index (χ2v) is 7.55. The van der Waals surface area contributed by atoms with Gasteiger partial charge in [0.1, 0.15) is 0 Å². The van der Waals surface area contributed by atoms with Crippen molar-refractivity contribution in [3.63, 3.8) is 0 Å². The summed E-state index contributed by atoms with van der Waals surface area (Å²) in [5.41, 5.74) is 0.600. The van der Waals surface area contributed by atoms with Gasteiger partial charge >= 0.3 is 0 Å². The molecule has 0 saturated carbocycles. The molecule has 1 fully saturated rings. The monoisotopic (exact) mass is 255 g/mol. The molecule has 0 aliphatic carbocycles. The second-order valence-electron chi connectivity index (χ2n) is 7.55. The van der Waals surface area contributed by atoms with Gasteiger partial charge in [0.05, 0.1) is 6.61 Å². The van der Waals surface area contributed by atoms with E-state index < -0.39 is 0 Å². The Hall–Kier alpha value is -0.0800. The van der Waals surface area contributed by atoms with Crippen LogP contribution in [0.4, 0.5) is 0 Å². The first kappa shape index (κ1) is 16.0. The fraction of sp³-hybridized carbons (Fsp3) is 1.00. The quantitative estimate of drug-likeness (QED) is 0.774. The molecule has 1 N–H and O–H groups in total. The van der Waals surface area contributed by atoms with Gasteiger partial charge in [0.2, 0.25) is 0 Å². The van der Waals surface area contributed by atoms with Crippen LogP contribution < -0.4 is 5.32 Å². The molecule has 1 atom stereocenters. The SMILES string of the molecule is CC(C)CCCC1(CNC(C)(C)C)CCCOC1. The lowest BCUT2D eigenvalue weighted by Gasteiger charge is -2.39. The van der Waals surface area contributed by atoms with Gasteiger partial charge in [0.15, 0.2) is 0 Å². The molecule has 0 aromatic rings. The molecule has 1 saturated heterocycles. The fourth-order valence-electron chi connectivity index (χ4n) is 2.67. The molecule has 0 aromatic carbocycles. The molecule has 2 heteroatoms. The molecule has 1 aliphatic rings. The summed E-state index contributed by atoms with van der Waals surface area (Å²) in [4.78, 5) is 0. The van der Waals surface area contributed by atoms with Crippen molar-refractivity contribution in [2.75, 3.05) is 19.8 Å². The first-order valence-electron chi connectivity index (χ1n) is 7.66. The van der Waals surface area contributed by atoms with Gasteiger partial charge in [-0.1, -0.05) is 26.7 Å². The first-order chi connectivity index (χ1) is 8.33. The van der Waals surface area contributed by atoms with Crippen LogP contribution in [0.5, 0.6) is 0 Å². The number of hydrogen-bond donors (Lipinski definition) is 1. The van der Waals surface area contributed by atoms with Crippen molar-refractivity contribution in [1.82, 2.24) is 5.32 Å². The van der Waals surface area contributed by atoms with Crippen molar-refractivity contribution in [1.29, 1.82) is 0 Å². The Morgan fingerprint density at radius 1 is 1.28 bits per heavy atom. The summed E-state index contributed by atoms with van der Waals surface area (Å²) in [5.74, 6) is 0.821. The van der Waals surface area contributed by atoms with Crippen LogP contribution >= 0.6 is 0 Å². The Morgan fingerprint density at radius 3 is 2.50 bits per heavy atom. The van der Waals surface area contributed by atoms with Gasteiger partial charge in [-0.05, 0) is 46.0 Å². The molecule has 0 bridgehead atoms. The smallest absolute Gasteiger partial charge is 0.0534 e. The Bertz CT molecular complexity index is 224. The topological polar surface area (TPSA) is 21.3 Å². The zero-order valence-electron chi connectivity index (χ0n) is 13.1. The summed E-state index contributed by atoms with van der Waals surface area (Å²) in [6.07, 6.45) is 6.56. The molecular weight excluding hydrogens is 222 g/mol. The van der Waals surface area contributed by atoms with Gasteiger partial charge in [-0.2, -0.15) is 0 Å². The maximum Gasteiger partial charge on any atom is 0.0534 e. The zero-order valence-corrected chi connectivity index (χ0v) is 13.1. The third-order valence-electron chi connectivity index (χ3n) is 3.89. The van der Waals surface area contributed by atoms with Crippen molar-refractivity contribution in [2.45, 2.75) is 72.3 Å². The molecule has 1 unspecified atom stereocenters. The van der Waals surface area contributed by atoms with E-state index in [1.165, 1.54) is 32.1 Å². The van der Waals surface area contributed by atoms with Crippen molar-refractivity contribution < 1.29 is 4.74 Å². The summed E-state index contributed by atoms with van der Waals surface area (Å²) >= 11 is 0. The largest absolute Gasteiger partial charge is 0.381 e. The van der Waals surface area contributed by atoms with Crippen molar-refractivity contribution in [2.24, 2.45) is 11.3 Å². The highest BCUT2D eigenvalue weighted by Gasteiger charge is 2.33. The van der Waals surface area contributed by atoms with Gasteiger partial charge in [-0.25, -0.2) is 0 Å². The van der Waals surface area contributed by atoms with Crippen LogP contribution in [-0.2, 0) is 4.74 Å². The molecule has 108 valence electrons. The molecular formula is C16H33NO. The Morgan fingerprint density at radius 2 is 2.00 bits per heavy atom. The van der Waals surface area contributed by atoms with Crippen LogP contribution in [-0.4, -0.2) is 25.3 Å². The molecule has 0 radical (unpaired) electrons. The van der Waals surface area contributed by atoms with E-state index in [0.717, 1.165) is 25.7 Å². The van der Waals surface area contributed by atoms with Crippen LogP contribution in [0.25, 0.3) is 0 Å². The lowest BCUT2D eigenvalue weighted by molar-refractivity contribution is -0.0164. The van der Waals surface area contributed by atoms with Crippen LogP contribution in [0.2, 0.25) is 0 Å². The van der Waals surface area contributed by atoms with Crippen LogP contribution in [0.1, 0.15) is 66.7 Å². The summed E-state index contributed by atoms with van der Waals surface area (Å²) in [5, 5.41) is 3.69. The number of nitrogens with one attached hydrogen (secondary N) is 1. The summed E-state index contributed by atoms with van der Waals surface area (Å²) in [7, 11) is 0. The summed E-state index contributed by atoms with van der Waals surface area (Å²) in [6.45, 7) is 14.4. The Labute approximate surface area is 114 Å². The first-order valence-corrected chi connectivity index (χ1v) is 7.66. The van der Waals surface area contributed by atoms with E-state index in [1.54, 1.807) is 0 Å². The van der Waals surface area contributed by atoms with E-state index in [-0.39, 0.29) is 5.54 Å². The molecule has 1 heterocycles. The highest BCUT2D eigenvalue weighted by Crippen LogP contribution is 2.34. The lowest BCUT2D eigenvalue weighted by atomic mass is 9.77. The van der Waals surface area contributed by atoms with Crippen molar-refractivity contribution in [3.05, 3.63) is 0 Å². The molecule has 0 spiro atoms. The minimum atomic E-state index is 0.211. The maximum atomic E-state index is 5.77. The van der Waals surface area contributed by atoms with Crippen LogP contribution in [0.3, 0.4) is 0 Å². The normalized spacial score (nSPS) is 25.7. The third-order valence-corrected chi connectivity index (χ3v) is 3.89. The van der Waals surface area contributed by atoms with E-state index in [2.05, 4.69) is 39.9 Å². The second kappa shape index (κ2) is 6.91. The maximum absolute atomic E-state index is 5.77. The summed E-state index contributed by atoms with van der Waals surface area (Å²) in [6, 6.07) is 0. The molecule has 1 aliphatic heterocycles. The number of ether oxygens (including phenoxy) is 1. The van der Waals surface area contributed by atoms with E-state index >= 15 is 0 Å². The number of hydrogen-bond acceptors (Lipinski definition) is 2. The van der Waals surface area contributed by atoms with Gasteiger partial charge in [-0.15, -0.1) is 0 Å². The molecule has 2 nitrogen and oxygen atoms in total. The van der Waals surface area contributed by atoms with Gasteiger partial charge in [-0.3, -0.25) is 0 Å². The number of rotatable bonds is 6. The van der Waals surface area contributed by atoms with Crippen molar-refractivity contribution in [3.8, 4) is 0 Å². The van der Waals surface area contributed by atoms with Crippen LogP contribution in [0.15, 0.2) is 0 Å². The van der Waals surface area contributed by atoms with Gasteiger partial charge < -0.3 is 10.1 Å². The van der Waals surface area contributed by atoms with E-state index in [0.29, 0.717) is 5.41 Å². The lowest BCUT2D eigenvalue weighted by Crippen LogP contribution is -2.47. The molecule has 0 aromatic heterocycles. The van der Waals surface area contributed by atoms with Gasteiger partial charge in [0, 0.05) is 24.1 Å². The van der Waals surface area contributed by atoms with Crippen molar-refractivity contribution >= 4 is 0 Å². The minimum Gasteiger partial charge on any atom is -0.381 e. The van der Waals surface area contributed by atoms with Crippen LogP contribution in [0, 0.1) is 11.3 Å². The molecule has 18 heavy (non-hydrogen) atoms. The molecule has 0 amide bonds. The Kier molecular flexibility index (Phi) is 6.13.